The molecule has 0 bridgehead atoms. The van der Waals surface area contributed by atoms with E-state index < -0.39 is 0 Å². The molecule has 10 aromatic rings. The number of allylic oxidation sites excluding steroid dienone is 4. The third kappa shape index (κ3) is 4.75. The van der Waals surface area contributed by atoms with Crippen LogP contribution in [0.3, 0.4) is 0 Å². The van der Waals surface area contributed by atoms with Gasteiger partial charge in [-0.15, -0.1) is 0 Å². The largest absolute Gasteiger partial charge is 0.248 e. The van der Waals surface area contributed by atoms with Crippen LogP contribution >= 0.6 is 0 Å². The molecule has 0 radical (unpaired) electrons. The van der Waals surface area contributed by atoms with E-state index in [-0.39, 0.29) is 0 Å². The van der Waals surface area contributed by atoms with Gasteiger partial charge in [-0.05, 0) is 112 Å². The minimum absolute atomic E-state index is 0.953. The number of nitrogens with zero attached hydrogens (tertiary/aromatic N) is 1. The summed E-state index contributed by atoms with van der Waals surface area (Å²) in [6, 6.07) is 57.8. The van der Waals surface area contributed by atoms with Gasteiger partial charge >= 0.3 is 0 Å². The molecule has 242 valence electrons. The van der Waals surface area contributed by atoms with E-state index in [1.807, 2.05) is 18.2 Å². The standard InChI is InChI=1S/C51H33N/c1-2-3-4-5-25-47-45-32-37-30-36(27-26-35(37)31-46(45)51-39-19-9-7-16-34(39)28-29-48(51)52-47)49-41-20-10-12-22-43(41)50(44-23-13-11-21-42(44)49)40-24-14-17-33-15-6-8-18-38(33)40/h2-32H,1H2/b4-3-,25-5+. The van der Waals surface area contributed by atoms with Gasteiger partial charge in [0, 0.05) is 10.8 Å². The van der Waals surface area contributed by atoms with Gasteiger partial charge in [-0.1, -0.05) is 164 Å². The van der Waals surface area contributed by atoms with E-state index in [4.69, 9.17) is 4.98 Å². The van der Waals surface area contributed by atoms with Crippen LogP contribution in [0, 0.1) is 0 Å². The smallest absolute Gasteiger partial charge is 0.0722 e. The summed E-state index contributed by atoms with van der Waals surface area (Å²) >= 11 is 0. The van der Waals surface area contributed by atoms with Crippen molar-refractivity contribution in [1.82, 2.24) is 4.98 Å². The van der Waals surface area contributed by atoms with Gasteiger partial charge in [-0.3, -0.25) is 0 Å². The number of rotatable bonds is 5. The fourth-order valence-electron chi connectivity index (χ4n) is 8.29. The molecular weight excluding hydrogens is 627 g/mol. The van der Waals surface area contributed by atoms with Crippen LogP contribution in [0.2, 0.25) is 0 Å². The summed E-state index contributed by atoms with van der Waals surface area (Å²) in [4.78, 5) is 5.23. The van der Waals surface area contributed by atoms with Gasteiger partial charge in [0.1, 0.15) is 0 Å². The summed E-state index contributed by atoms with van der Waals surface area (Å²) in [5.41, 5.74) is 6.96. The Labute approximate surface area is 302 Å². The lowest BCUT2D eigenvalue weighted by atomic mass is 9.84. The Morgan fingerprint density at radius 1 is 0.404 bits per heavy atom. The van der Waals surface area contributed by atoms with Crippen molar-refractivity contribution >= 4 is 81.6 Å². The number of aromatic nitrogens is 1. The highest BCUT2D eigenvalue weighted by Gasteiger charge is 2.19. The van der Waals surface area contributed by atoms with Crippen molar-refractivity contribution in [3.63, 3.8) is 0 Å². The van der Waals surface area contributed by atoms with E-state index in [9.17, 15) is 0 Å². The van der Waals surface area contributed by atoms with Crippen LogP contribution < -0.4 is 0 Å². The molecule has 0 spiro atoms. The van der Waals surface area contributed by atoms with E-state index in [0.717, 1.165) is 16.6 Å². The minimum atomic E-state index is 0.953. The Bertz CT molecular complexity index is 3080. The number of benzene rings is 9. The highest BCUT2D eigenvalue weighted by Crippen LogP contribution is 2.46. The normalized spacial score (nSPS) is 12.2. The summed E-state index contributed by atoms with van der Waals surface area (Å²) < 4.78 is 0. The maximum Gasteiger partial charge on any atom is 0.0722 e. The fourth-order valence-corrected chi connectivity index (χ4v) is 8.29. The van der Waals surface area contributed by atoms with Crippen LogP contribution in [0.4, 0.5) is 0 Å². The number of hydrogen-bond acceptors (Lipinski definition) is 1. The topological polar surface area (TPSA) is 12.9 Å². The van der Waals surface area contributed by atoms with Crippen molar-refractivity contribution in [2.45, 2.75) is 0 Å². The first-order valence-corrected chi connectivity index (χ1v) is 17.8. The first-order valence-electron chi connectivity index (χ1n) is 17.8. The van der Waals surface area contributed by atoms with Crippen LogP contribution in [0.25, 0.3) is 104 Å². The average molecular weight is 660 g/mol. The lowest BCUT2D eigenvalue weighted by Gasteiger charge is -2.19. The molecule has 0 atom stereocenters. The molecule has 0 amide bonds. The molecule has 1 heteroatoms. The van der Waals surface area contributed by atoms with Crippen molar-refractivity contribution in [3.8, 4) is 22.3 Å². The van der Waals surface area contributed by atoms with Crippen molar-refractivity contribution in [3.05, 3.63) is 194 Å². The van der Waals surface area contributed by atoms with E-state index in [1.165, 1.54) is 86.9 Å². The zero-order valence-corrected chi connectivity index (χ0v) is 28.6. The molecule has 1 heterocycles. The molecule has 1 nitrogen and oxygen atoms in total. The van der Waals surface area contributed by atoms with E-state index >= 15 is 0 Å². The molecule has 10 rings (SSSR count). The molecule has 0 aliphatic rings. The van der Waals surface area contributed by atoms with Crippen LogP contribution in [0.5, 0.6) is 0 Å². The third-order valence-corrected chi connectivity index (χ3v) is 10.6. The zero-order chi connectivity index (χ0) is 34.6. The molecule has 0 N–H and O–H groups in total. The molecule has 0 saturated carbocycles. The second-order valence-electron chi connectivity index (χ2n) is 13.5. The van der Waals surface area contributed by atoms with Crippen molar-refractivity contribution in [2.75, 3.05) is 0 Å². The molecule has 52 heavy (non-hydrogen) atoms. The Morgan fingerprint density at radius 2 is 1.00 bits per heavy atom. The first kappa shape index (κ1) is 30.0. The quantitative estimate of drug-likeness (QED) is 0.102. The van der Waals surface area contributed by atoms with Crippen molar-refractivity contribution in [2.24, 2.45) is 0 Å². The summed E-state index contributed by atoms with van der Waals surface area (Å²) in [6.07, 6.45) is 9.89. The van der Waals surface area contributed by atoms with Gasteiger partial charge < -0.3 is 0 Å². The van der Waals surface area contributed by atoms with E-state index in [2.05, 4.69) is 170 Å². The predicted molar refractivity (Wildman–Crippen MR) is 226 cm³/mol. The van der Waals surface area contributed by atoms with Gasteiger partial charge in [0.15, 0.2) is 0 Å². The molecule has 0 unspecified atom stereocenters. The number of pyridine rings is 1. The molecule has 0 fully saturated rings. The number of fused-ring (bicyclic) bond motifs is 9. The number of hydrogen-bond donors (Lipinski definition) is 0. The average Bonchev–Trinajstić information content (AvgIpc) is 3.20. The van der Waals surface area contributed by atoms with Crippen molar-refractivity contribution < 1.29 is 0 Å². The van der Waals surface area contributed by atoms with Crippen LogP contribution in [-0.4, -0.2) is 4.98 Å². The SMILES string of the molecule is C=C/C=C\C=C\c1nc2ccc3ccccc3c2c2cc3ccc(-c4c5ccccc5c(-c5cccc6ccccc56)c5ccccc45)cc3cc12. The van der Waals surface area contributed by atoms with Gasteiger partial charge in [0.05, 0.1) is 11.2 Å². The molecule has 0 aliphatic carbocycles. The Hall–Kier alpha value is -6.83. The van der Waals surface area contributed by atoms with Crippen LogP contribution in [0.1, 0.15) is 5.69 Å². The summed E-state index contributed by atoms with van der Waals surface area (Å²) in [7, 11) is 0. The molecular formula is C51H33N. The predicted octanol–water partition coefficient (Wildman–Crippen LogP) is 14.2. The molecule has 0 aliphatic heterocycles. The van der Waals surface area contributed by atoms with Crippen molar-refractivity contribution in [1.29, 1.82) is 0 Å². The summed E-state index contributed by atoms with van der Waals surface area (Å²) in [6.45, 7) is 3.83. The van der Waals surface area contributed by atoms with Gasteiger partial charge in [0.25, 0.3) is 0 Å². The zero-order valence-electron chi connectivity index (χ0n) is 28.6. The third-order valence-electron chi connectivity index (χ3n) is 10.6. The second kappa shape index (κ2) is 12.2. The van der Waals surface area contributed by atoms with Gasteiger partial charge in [0.2, 0.25) is 0 Å². The monoisotopic (exact) mass is 659 g/mol. The van der Waals surface area contributed by atoms with E-state index in [0.29, 0.717) is 0 Å². The maximum absolute atomic E-state index is 5.23. The van der Waals surface area contributed by atoms with Crippen LogP contribution in [0.15, 0.2) is 189 Å². The highest BCUT2D eigenvalue weighted by molar-refractivity contribution is 6.25. The molecule has 9 aromatic carbocycles. The first-order chi connectivity index (χ1) is 25.8. The Morgan fingerprint density at radius 3 is 1.73 bits per heavy atom. The lowest BCUT2D eigenvalue weighted by Crippen LogP contribution is -1.92. The fraction of sp³-hybridized carbons (Fsp3) is 0. The Balaban J connectivity index is 1.26. The highest BCUT2D eigenvalue weighted by atomic mass is 14.7. The lowest BCUT2D eigenvalue weighted by molar-refractivity contribution is 1.41. The summed E-state index contributed by atoms with van der Waals surface area (Å²) in [5, 5.41) is 15.9. The summed E-state index contributed by atoms with van der Waals surface area (Å²) in [5.74, 6) is 0. The molecule has 1 aromatic heterocycles. The molecule has 0 saturated heterocycles. The Kier molecular flexibility index (Phi) is 7.04. The minimum Gasteiger partial charge on any atom is -0.248 e. The van der Waals surface area contributed by atoms with Gasteiger partial charge in [-0.2, -0.15) is 0 Å². The maximum atomic E-state index is 5.23. The van der Waals surface area contributed by atoms with E-state index in [1.54, 1.807) is 6.08 Å². The second-order valence-corrected chi connectivity index (χ2v) is 13.5. The van der Waals surface area contributed by atoms with Gasteiger partial charge in [-0.25, -0.2) is 4.98 Å². The van der Waals surface area contributed by atoms with Crippen LogP contribution in [-0.2, 0) is 0 Å².